The average molecular weight is 419 g/mol. The van der Waals surface area contributed by atoms with Crippen molar-refractivity contribution >= 4 is 17.6 Å². The van der Waals surface area contributed by atoms with Gasteiger partial charge in [-0.2, -0.15) is 5.10 Å². The molecule has 1 aliphatic heterocycles. The van der Waals surface area contributed by atoms with E-state index < -0.39 is 17.8 Å². The van der Waals surface area contributed by atoms with Gasteiger partial charge in [0, 0.05) is 13.2 Å². The summed E-state index contributed by atoms with van der Waals surface area (Å²) in [5.41, 5.74) is 2.78. The first-order valence-electron chi connectivity index (χ1n) is 10.2. The van der Waals surface area contributed by atoms with Crippen LogP contribution in [0.4, 0.5) is 10.2 Å². The van der Waals surface area contributed by atoms with Gasteiger partial charge in [0.2, 0.25) is 0 Å². The van der Waals surface area contributed by atoms with E-state index in [2.05, 4.69) is 15.4 Å². The highest BCUT2D eigenvalue weighted by atomic mass is 19.1. The number of benzene rings is 1. The summed E-state index contributed by atoms with van der Waals surface area (Å²) in [5, 5.41) is 6.86. The Kier molecular flexibility index (Phi) is 4.57. The van der Waals surface area contributed by atoms with Crippen LogP contribution in [-0.2, 0) is 11.3 Å². The summed E-state index contributed by atoms with van der Waals surface area (Å²) in [6.45, 7) is 2.34. The maximum atomic E-state index is 14.5. The summed E-state index contributed by atoms with van der Waals surface area (Å²) in [7, 11) is 1.65. The van der Waals surface area contributed by atoms with Gasteiger partial charge in [-0.1, -0.05) is 35.9 Å². The molecule has 0 saturated heterocycles. The molecule has 158 valence electrons. The van der Waals surface area contributed by atoms with Crippen LogP contribution in [0.15, 0.2) is 48.8 Å². The first-order valence-corrected chi connectivity index (χ1v) is 10.2. The Morgan fingerprint density at radius 2 is 2.03 bits per heavy atom. The summed E-state index contributed by atoms with van der Waals surface area (Å²) in [4.78, 5) is 31.7. The molecule has 31 heavy (non-hydrogen) atoms. The molecule has 3 atom stereocenters. The second-order valence-corrected chi connectivity index (χ2v) is 8.28. The number of fused-ring (bicyclic) bond motifs is 3. The summed E-state index contributed by atoms with van der Waals surface area (Å²) >= 11 is 0. The topological polar surface area (TPSA) is 80.1 Å². The maximum Gasteiger partial charge on any atom is 0.275 e. The van der Waals surface area contributed by atoms with Crippen molar-refractivity contribution in [3.05, 3.63) is 77.0 Å². The Balaban J connectivity index is 1.34. The van der Waals surface area contributed by atoms with Crippen LogP contribution in [0.2, 0.25) is 0 Å². The lowest BCUT2D eigenvalue weighted by atomic mass is 10.1. The van der Waals surface area contributed by atoms with Crippen LogP contribution in [0.25, 0.3) is 0 Å². The Hall–Kier alpha value is -3.55. The summed E-state index contributed by atoms with van der Waals surface area (Å²) in [6.07, 6.45) is 3.64. The minimum atomic E-state index is -0.738. The number of aryl methyl sites for hydroxylation is 1. The number of pyridine rings is 1. The zero-order valence-electron chi connectivity index (χ0n) is 17.2. The van der Waals surface area contributed by atoms with E-state index in [-0.39, 0.29) is 23.4 Å². The number of rotatable bonds is 4. The lowest BCUT2D eigenvalue weighted by Crippen LogP contribution is -2.48. The Labute approximate surface area is 178 Å². The number of amides is 2. The van der Waals surface area contributed by atoms with Gasteiger partial charge in [0.25, 0.3) is 11.8 Å². The van der Waals surface area contributed by atoms with Crippen molar-refractivity contribution in [1.82, 2.24) is 20.1 Å². The summed E-state index contributed by atoms with van der Waals surface area (Å²) in [5.74, 6) is -0.898. The van der Waals surface area contributed by atoms with Crippen molar-refractivity contribution in [3.8, 4) is 0 Å². The summed E-state index contributed by atoms with van der Waals surface area (Å²) in [6, 6.07) is 10.9. The first kappa shape index (κ1) is 19.4. The number of nitrogens with zero attached hydrogens (tertiary/aromatic N) is 4. The van der Waals surface area contributed by atoms with Gasteiger partial charge >= 0.3 is 0 Å². The van der Waals surface area contributed by atoms with Crippen LogP contribution in [0.1, 0.15) is 39.5 Å². The Morgan fingerprint density at radius 3 is 2.81 bits per heavy atom. The molecule has 8 heteroatoms. The number of carbonyl (C=O) groups is 2. The number of likely N-dealkylation sites (N-methyl/N-ethyl adjacent to an activating group) is 1. The molecule has 2 aliphatic rings. The van der Waals surface area contributed by atoms with Crippen LogP contribution in [0, 0.1) is 18.7 Å². The lowest BCUT2D eigenvalue weighted by Gasteiger charge is -2.22. The van der Waals surface area contributed by atoms with Gasteiger partial charge in [-0.3, -0.25) is 19.2 Å². The highest BCUT2D eigenvalue weighted by Gasteiger charge is 2.52. The van der Waals surface area contributed by atoms with E-state index in [1.54, 1.807) is 13.2 Å². The molecule has 0 radical (unpaired) electrons. The van der Waals surface area contributed by atoms with Gasteiger partial charge in [-0.25, -0.2) is 9.37 Å². The second kappa shape index (κ2) is 7.30. The number of nitrogens with one attached hydrogen (secondary N) is 1. The van der Waals surface area contributed by atoms with Crippen LogP contribution < -0.4 is 10.2 Å². The van der Waals surface area contributed by atoms with E-state index in [1.165, 1.54) is 15.8 Å². The van der Waals surface area contributed by atoms with Crippen LogP contribution in [0.5, 0.6) is 0 Å². The highest BCUT2D eigenvalue weighted by Crippen LogP contribution is 2.53. The molecular weight excluding hydrogens is 397 g/mol. The monoisotopic (exact) mass is 419 g/mol. The predicted molar refractivity (Wildman–Crippen MR) is 112 cm³/mol. The molecular formula is C23H22FN5O2. The SMILES string of the molecule is Cc1ccc(Cn2cc(F)c(C(=O)N[C@H]3C(=O)N(C)c4ncccc4[C@@H]4C[C@H]34)n2)cc1. The number of hydrogen-bond acceptors (Lipinski definition) is 4. The van der Waals surface area contributed by atoms with E-state index >= 15 is 0 Å². The minimum absolute atomic E-state index is 0.0259. The molecule has 3 aromatic rings. The third-order valence-electron chi connectivity index (χ3n) is 6.08. The number of carbonyl (C=O) groups excluding carboxylic acids is 2. The zero-order chi connectivity index (χ0) is 21.7. The fourth-order valence-corrected chi connectivity index (χ4v) is 4.31. The molecule has 0 spiro atoms. The molecule has 0 bridgehead atoms. The quantitative estimate of drug-likeness (QED) is 0.705. The van der Waals surface area contributed by atoms with Crippen molar-refractivity contribution in [2.24, 2.45) is 5.92 Å². The van der Waals surface area contributed by atoms with Crippen molar-refractivity contribution in [3.63, 3.8) is 0 Å². The van der Waals surface area contributed by atoms with Crippen LogP contribution in [0.3, 0.4) is 0 Å². The molecule has 1 N–H and O–H groups in total. The van der Waals surface area contributed by atoms with E-state index in [4.69, 9.17) is 0 Å². The maximum absolute atomic E-state index is 14.5. The van der Waals surface area contributed by atoms with Crippen molar-refractivity contribution in [2.75, 3.05) is 11.9 Å². The van der Waals surface area contributed by atoms with Crippen LogP contribution in [-0.4, -0.2) is 39.7 Å². The molecule has 2 amide bonds. The van der Waals surface area contributed by atoms with Crippen LogP contribution >= 0.6 is 0 Å². The average Bonchev–Trinajstić information content (AvgIpc) is 3.48. The molecule has 7 nitrogen and oxygen atoms in total. The molecule has 1 aromatic carbocycles. The van der Waals surface area contributed by atoms with E-state index in [0.717, 1.165) is 23.1 Å². The van der Waals surface area contributed by atoms with Gasteiger partial charge in [-0.05, 0) is 42.4 Å². The van der Waals surface area contributed by atoms with Gasteiger partial charge in [0.15, 0.2) is 11.5 Å². The molecule has 1 aliphatic carbocycles. The largest absolute Gasteiger partial charge is 0.338 e. The first-order chi connectivity index (χ1) is 14.9. The molecule has 3 heterocycles. The number of anilines is 1. The van der Waals surface area contributed by atoms with E-state index in [0.29, 0.717) is 12.4 Å². The van der Waals surface area contributed by atoms with Crippen molar-refractivity contribution in [1.29, 1.82) is 0 Å². The molecule has 1 fully saturated rings. The van der Waals surface area contributed by atoms with Gasteiger partial charge < -0.3 is 5.32 Å². The van der Waals surface area contributed by atoms with Gasteiger partial charge in [0.05, 0.1) is 12.7 Å². The number of aromatic nitrogens is 3. The normalized spacial score (nSPS) is 21.8. The van der Waals surface area contributed by atoms with E-state index in [9.17, 15) is 14.0 Å². The Bertz CT molecular complexity index is 1170. The number of halogens is 1. The fourth-order valence-electron chi connectivity index (χ4n) is 4.31. The third-order valence-corrected chi connectivity index (χ3v) is 6.08. The second-order valence-electron chi connectivity index (χ2n) is 8.28. The molecule has 1 saturated carbocycles. The molecule has 0 unspecified atom stereocenters. The van der Waals surface area contributed by atoms with Crippen molar-refractivity contribution in [2.45, 2.75) is 31.8 Å². The van der Waals surface area contributed by atoms with Gasteiger partial charge in [0.1, 0.15) is 11.9 Å². The predicted octanol–water partition coefficient (Wildman–Crippen LogP) is 2.65. The molecule has 2 aromatic heterocycles. The summed E-state index contributed by atoms with van der Waals surface area (Å²) < 4.78 is 15.9. The lowest BCUT2D eigenvalue weighted by molar-refractivity contribution is -0.120. The van der Waals surface area contributed by atoms with Gasteiger partial charge in [-0.15, -0.1) is 0 Å². The highest BCUT2D eigenvalue weighted by molar-refractivity contribution is 6.02. The molecule has 5 rings (SSSR count). The van der Waals surface area contributed by atoms with E-state index in [1.807, 2.05) is 43.3 Å². The fraction of sp³-hybridized carbons (Fsp3) is 0.304. The Morgan fingerprint density at radius 1 is 1.26 bits per heavy atom. The minimum Gasteiger partial charge on any atom is -0.338 e. The zero-order valence-corrected chi connectivity index (χ0v) is 17.2. The standard InChI is InChI=1S/C23H22FN5O2/c1-13-5-7-14(8-6-13)11-29-12-18(24)20(27-29)22(30)26-19-17-10-16(17)15-4-3-9-25-21(15)28(2)23(19)31/h3-9,12,16-17,19H,10-11H2,1-2H3,(H,26,30)/t16-,17-,19+/m0/s1. The number of hydrogen-bond donors (Lipinski definition) is 1. The smallest absolute Gasteiger partial charge is 0.275 e. The third kappa shape index (κ3) is 3.48. The van der Waals surface area contributed by atoms with Crippen molar-refractivity contribution < 1.29 is 14.0 Å².